The average molecular weight is 360 g/mol. The molecule has 0 radical (unpaired) electrons. The number of amides is 1. The number of ether oxygens (including phenoxy) is 3. The van der Waals surface area contributed by atoms with Crippen molar-refractivity contribution >= 4 is 5.91 Å². The van der Waals surface area contributed by atoms with E-state index in [4.69, 9.17) is 14.2 Å². The summed E-state index contributed by atoms with van der Waals surface area (Å²) in [6, 6.07) is 6.05. The molecule has 2 saturated heterocycles. The van der Waals surface area contributed by atoms with E-state index in [2.05, 4.69) is 4.90 Å². The Morgan fingerprint density at radius 2 is 2.04 bits per heavy atom. The number of benzene rings is 1. The summed E-state index contributed by atoms with van der Waals surface area (Å²) >= 11 is 0. The average Bonchev–Trinajstić information content (AvgIpc) is 3.14. The number of piperidine rings is 2. The van der Waals surface area contributed by atoms with Crippen molar-refractivity contribution in [3.8, 4) is 17.2 Å². The van der Waals surface area contributed by atoms with Crippen molar-refractivity contribution in [3.63, 3.8) is 0 Å². The highest BCUT2D eigenvalue weighted by atomic mass is 16.7. The zero-order chi connectivity index (χ0) is 17.9. The molecule has 1 aromatic carbocycles. The molecular formula is C20H28N2O4. The van der Waals surface area contributed by atoms with Gasteiger partial charge in [-0.15, -0.1) is 0 Å². The van der Waals surface area contributed by atoms with Gasteiger partial charge < -0.3 is 24.0 Å². The van der Waals surface area contributed by atoms with E-state index in [9.17, 15) is 4.79 Å². The summed E-state index contributed by atoms with van der Waals surface area (Å²) in [5.41, 5.74) is 0. The molecular weight excluding hydrogens is 332 g/mol. The summed E-state index contributed by atoms with van der Waals surface area (Å²) in [6.45, 7) is 3.57. The molecule has 1 aromatic rings. The molecule has 0 aliphatic carbocycles. The predicted octanol–water partition coefficient (Wildman–Crippen LogP) is 2.52. The first kappa shape index (κ1) is 17.5. The molecule has 26 heavy (non-hydrogen) atoms. The van der Waals surface area contributed by atoms with Crippen LogP contribution in [-0.4, -0.2) is 61.8 Å². The summed E-state index contributed by atoms with van der Waals surface area (Å²) in [7, 11) is 1.90. The van der Waals surface area contributed by atoms with Crippen LogP contribution in [0.1, 0.15) is 32.1 Å². The van der Waals surface area contributed by atoms with Crippen LogP contribution in [0.4, 0.5) is 0 Å². The van der Waals surface area contributed by atoms with E-state index in [-0.39, 0.29) is 19.3 Å². The van der Waals surface area contributed by atoms with Crippen molar-refractivity contribution in [2.75, 3.05) is 40.1 Å². The third-order valence-electron chi connectivity index (χ3n) is 5.87. The summed E-state index contributed by atoms with van der Waals surface area (Å²) < 4.78 is 16.3. The second-order valence-electron chi connectivity index (χ2n) is 7.58. The molecule has 0 aromatic heterocycles. The first-order valence-electron chi connectivity index (χ1n) is 9.71. The number of carbonyl (C=O) groups is 1. The largest absolute Gasteiger partial charge is 0.484 e. The van der Waals surface area contributed by atoms with Gasteiger partial charge in [0, 0.05) is 25.7 Å². The minimum absolute atomic E-state index is 0.0237. The minimum Gasteiger partial charge on any atom is -0.484 e. The molecule has 6 heteroatoms. The number of rotatable bonds is 5. The van der Waals surface area contributed by atoms with Gasteiger partial charge in [-0.25, -0.2) is 0 Å². The van der Waals surface area contributed by atoms with Crippen molar-refractivity contribution in [2.24, 2.45) is 5.92 Å². The van der Waals surface area contributed by atoms with E-state index in [1.54, 1.807) is 6.07 Å². The Kier molecular flexibility index (Phi) is 5.20. The molecule has 3 heterocycles. The summed E-state index contributed by atoms with van der Waals surface area (Å²) in [5, 5.41) is 0. The lowest BCUT2D eigenvalue weighted by molar-refractivity contribution is -0.133. The van der Waals surface area contributed by atoms with Crippen LogP contribution in [0.15, 0.2) is 18.2 Å². The van der Waals surface area contributed by atoms with Gasteiger partial charge in [-0.2, -0.15) is 0 Å². The second kappa shape index (κ2) is 7.74. The van der Waals surface area contributed by atoms with Gasteiger partial charge in [0.05, 0.1) is 0 Å². The van der Waals surface area contributed by atoms with E-state index in [0.717, 1.165) is 12.3 Å². The molecule has 3 aliphatic rings. The number of hydrogen-bond acceptors (Lipinski definition) is 5. The van der Waals surface area contributed by atoms with Crippen molar-refractivity contribution in [1.29, 1.82) is 0 Å². The quantitative estimate of drug-likeness (QED) is 0.808. The Morgan fingerprint density at radius 1 is 1.19 bits per heavy atom. The molecule has 6 nitrogen and oxygen atoms in total. The molecule has 0 N–H and O–H groups in total. The fraction of sp³-hybridized carbons (Fsp3) is 0.650. The van der Waals surface area contributed by atoms with Gasteiger partial charge in [-0.1, -0.05) is 6.42 Å². The Labute approximate surface area is 155 Å². The van der Waals surface area contributed by atoms with Gasteiger partial charge in [-0.3, -0.25) is 4.79 Å². The van der Waals surface area contributed by atoms with Gasteiger partial charge in [-0.05, 0) is 56.8 Å². The molecule has 4 rings (SSSR count). The van der Waals surface area contributed by atoms with Gasteiger partial charge in [0.1, 0.15) is 5.75 Å². The number of nitrogens with zero attached hydrogens (tertiary/aromatic N) is 2. The Hall–Kier alpha value is -1.95. The van der Waals surface area contributed by atoms with Gasteiger partial charge in [0.15, 0.2) is 18.1 Å². The standard InChI is InChI=1S/C20H28N2O4/c1-21(12-15-5-4-10-22-9-3-2-6-17(15)22)20(23)13-24-16-7-8-18-19(11-16)26-14-25-18/h7-8,11,15,17H,2-6,9-10,12-14H2,1H3/t15-,17+/m1/s1. The summed E-state index contributed by atoms with van der Waals surface area (Å²) in [5.74, 6) is 2.63. The maximum absolute atomic E-state index is 12.5. The Balaban J connectivity index is 1.29. The Bertz CT molecular complexity index is 649. The first-order chi connectivity index (χ1) is 12.7. The molecule has 2 atom stereocenters. The Morgan fingerprint density at radius 3 is 2.96 bits per heavy atom. The highest BCUT2D eigenvalue weighted by Gasteiger charge is 2.34. The normalized spacial score (nSPS) is 24.8. The van der Waals surface area contributed by atoms with E-state index >= 15 is 0 Å². The van der Waals surface area contributed by atoms with Crippen LogP contribution in [-0.2, 0) is 4.79 Å². The lowest BCUT2D eigenvalue weighted by Crippen LogP contribution is -2.51. The van der Waals surface area contributed by atoms with Crippen molar-refractivity contribution in [2.45, 2.75) is 38.1 Å². The molecule has 0 spiro atoms. The monoisotopic (exact) mass is 360 g/mol. The highest BCUT2D eigenvalue weighted by molar-refractivity contribution is 5.77. The molecule has 0 saturated carbocycles. The molecule has 0 unspecified atom stereocenters. The lowest BCUT2D eigenvalue weighted by Gasteiger charge is -2.45. The number of carbonyl (C=O) groups excluding carboxylic acids is 1. The topological polar surface area (TPSA) is 51.2 Å². The van der Waals surface area contributed by atoms with Crippen LogP contribution in [0.2, 0.25) is 0 Å². The van der Waals surface area contributed by atoms with E-state index in [0.29, 0.717) is 23.5 Å². The fourth-order valence-electron chi connectivity index (χ4n) is 4.47. The van der Waals surface area contributed by atoms with Gasteiger partial charge in [0.25, 0.3) is 5.91 Å². The zero-order valence-corrected chi connectivity index (χ0v) is 15.5. The van der Waals surface area contributed by atoms with Crippen molar-refractivity contribution in [3.05, 3.63) is 18.2 Å². The lowest BCUT2D eigenvalue weighted by atomic mass is 9.83. The van der Waals surface area contributed by atoms with Crippen LogP contribution in [0.5, 0.6) is 17.2 Å². The maximum atomic E-state index is 12.5. The summed E-state index contributed by atoms with van der Waals surface area (Å²) in [6.07, 6.45) is 6.39. The predicted molar refractivity (Wildman–Crippen MR) is 97.6 cm³/mol. The maximum Gasteiger partial charge on any atom is 0.260 e. The van der Waals surface area contributed by atoms with Crippen molar-refractivity contribution in [1.82, 2.24) is 9.80 Å². The summed E-state index contributed by atoms with van der Waals surface area (Å²) in [4.78, 5) is 17.0. The van der Waals surface area contributed by atoms with E-state index in [1.807, 2.05) is 24.1 Å². The SMILES string of the molecule is CN(C[C@H]1CCCN2CCCC[C@@H]12)C(=O)COc1ccc2c(c1)OCO2. The highest BCUT2D eigenvalue weighted by Crippen LogP contribution is 2.35. The zero-order valence-electron chi connectivity index (χ0n) is 15.5. The second-order valence-corrected chi connectivity index (χ2v) is 7.58. The minimum atomic E-state index is 0.0237. The van der Waals surface area contributed by atoms with Gasteiger partial charge >= 0.3 is 0 Å². The number of fused-ring (bicyclic) bond motifs is 2. The fourth-order valence-corrected chi connectivity index (χ4v) is 4.47. The third-order valence-corrected chi connectivity index (χ3v) is 5.87. The number of hydrogen-bond donors (Lipinski definition) is 0. The number of likely N-dealkylation sites (N-methyl/N-ethyl adjacent to an activating group) is 1. The van der Waals surface area contributed by atoms with E-state index < -0.39 is 0 Å². The molecule has 3 aliphatic heterocycles. The molecule has 0 bridgehead atoms. The van der Waals surface area contributed by atoms with E-state index in [1.165, 1.54) is 45.2 Å². The van der Waals surface area contributed by atoms with Crippen LogP contribution >= 0.6 is 0 Å². The first-order valence-corrected chi connectivity index (χ1v) is 9.71. The molecule has 2 fully saturated rings. The van der Waals surface area contributed by atoms with Crippen LogP contribution in [0, 0.1) is 5.92 Å². The molecule has 142 valence electrons. The van der Waals surface area contributed by atoms with Gasteiger partial charge in [0.2, 0.25) is 6.79 Å². The van der Waals surface area contributed by atoms with Crippen molar-refractivity contribution < 1.29 is 19.0 Å². The van der Waals surface area contributed by atoms with Crippen LogP contribution < -0.4 is 14.2 Å². The third kappa shape index (κ3) is 3.75. The van der Waals surface area contributed by atoms with Crippen LogP contribution in [0.3, 0.4) is 0 Å². The molecule has 1 amide bonds. The van der Waals surface area contributed by atoms with Crippen LogP contribution in [0.25, 0.3) is 0 Å². The smallest absolute Gasteiger partial charge is 0.260 e.